The van der Waals surface area contributed by atoms with Gasteiger partial charge in [-0.15, -0.1) is 0 Å². The third-order valence-corrected chi connectivity index (χ3v) is 4.79. The van der Waals surface area contributed by atoms with Crippen molar-refractivity contribution in [2.75, 3.05) is 19.7 Å². The van der Waals surface area contributed by atoms with Gasteiger partial charge in [0.05, 0.1) is 11.6 Å². The van der Waals surface area contributed by atoms with E-state index in [0.717, 1.165) is 38.8 Å². The molecule has 1 amide bonds. The Hall–Kier alpha value is -0.650. The van der Waals surface area contributed by atoms with E-state index < -0.39 is 0 Å². The molecule has 0 radical (unpaired) electrons. The van der Waals surface area contributed by atoms with E-state index in [4.69, 9.17) is 4.74 Å². The molecule has 2 heterocycles. The van der Waals surface area contributed by atoms with E-state index in [0.29, 0.717) is 12.6 Å². The van der Waals surface area contributed by atoms with Crippen LogP contribution in [0.25, 0.3) is 0 Å². The molecule has 2 rings (SSSR count). The van der Waals surface area contributed by atoms with Gasteiger partial charge < -0.3 is 20.7 Å². The van der Waals surface area contributed by atoms with Gasteiger partial charge in [0.1, 0.15) is 0 Å². The van der Waals surface area contributed by atoms with E-state index in [1.165, 1.54) is 0 Å². The number of rotatable bonds is 4. The second kappa shape index (κ2) is 6.87. The van der Waals surface area contributed by atoms with Crippen molar-refractivity contribution in [3.8, 4) is 0 Å². The van der Waals surface area contributed by atoms with E-state index in [1.807, 2.05) is 0 Å². The first kappa shape index (κ1) is 15.7. The molecule has 3 atom stereocenters. The lowest BCUT2D eigenvalue weighted by molar-refractivity contribution is -0.128. The highest BCUT2D eigenvalue weighted by Crippen LogP contribution is 2.31. The van der Waals surface area contributed by atoms with Crippen LogP contribution in [0.1, 0.15) is 46.5 Å². The first-order chi connectivity index (χ1) is 9.58. The van der Waals surface area contributed by atoms with Gasteiger partial charge in [0.2, 0.25) is 5.91 Å². The quantitative estimate of drug-likeness (QED) is 0.714. The van der Waals surface area contributed by atoms with Crippen LogP contribution in [0.2, 0.25) is 0 Å². The number of hydrogen-bond acceptors (Lipinski definition) is 4. The summed E-state index contributed by atoms with van der Waals surface area (Å²) in [5.41, 5.74) is -0.0387. The molecule has 2 fully saturated rings. The molecule has 2 aliphatic heterocycles. The van der Waals surface area contributed by atoms with Crippen LogP contribution in [-0.4, -0.2) is 49.3 Å². The van der Waals surface area contributed by atoms with Crippen LogP contribution in [0.4, 0.5) is 0 Å². The van der Waals surface area contributed by atoms with Gasteiger partial charge in [0.25, 0.3) is 0 Å². The SMILES string of the molecule is CCC1(CC)CC(NC(=O)C2CNC(C)CN2)CCO1. The monoisotopic (exact) mass is 283 g/mol. The van der Waals surface area contributed by atoms with E-state index in [9.17, 15) is 4.79 Å². The third kappa shape index (κ3) is 3.71. The van der Waals surface area contributed by atoms with E-state index >= 15 is 0 Å². The van der Waals surface area contributed by atoms with Crippen LogP contribution < -0.4 is 16.0 Å². The van der Waals surface area contributed by atoms with Gasteiger partial charge in [0, 0.05) is 31.8 Å². The summed E-state index contributed by atoms with van der Waals surface area (Å²) in [5, 5.41) is 9.85. The number of carbonyl (C=O) groups is 1. The molecule has 2 saturated heterocycles. The topological polar surface area (TPSA) is 62.4 Å². The minimum absolute atomic E-state index is 0.0387. The van der Waals surface area contributed by atoms with Gasteiger partial charge in [-0.2, -0.15) is 0 Å². The summed E-state index contributed by atoms with van der Waals surface area (Å²) in [6, 6.07) is 0.582. The zero-order valence-electron chi connectivity index (χ0n) is 13.0. The minimum Gasteiger partial charge on any atom is -0.375 e. The smallest absolute Gasteiger partial charge is 0.238 e. The van der Waals surface area contributed by atoms with Crippen LogP contribution >= 0.6 is 0 Å². The summed E-state index contributed by atoms with van der Waals surface area (Å²) in [6.45, 7) is 8.77. The second-order valence-electron chi connectivity index (χ2n) is 6.21. The van der Waals surface area contributed by atoms with Crippen molar-refractivity contribution < 1.29 is 9.53 Å². The summed E-state index contributed by atoms with van der Waals surface area (Å²) >= 11 is 0. The Labute approximate surface area is 122 Å². The van der Waals surface area contributed by atoms with Crippen molar-refractivity contribution in [2.45, 2.75) is 70.2 Å². The summed E-state index contributed by atoms with van der Waals surface area (Å²) in [6.07, 6.45) is 3.87. The van der Waals surface area contributed by atoms with E-state index in [1.54, 1.807) is 0 Å². The Balaban J connectivity index is 1.84. The Kier molecular flexibility index (Phi) is 5.41. The summed E-state index contributed by atoms with van der Waals surface area (Å²) in [4.78, 5) is 12.3. The predicted octanol–water partition coefficient (Wildman–Crippen LogP) is 0.790. The predicted molar refractivity (Wildman–Crippen MR) is 79.7 cm³/mol. The largest absolute Gasteiger partial charge is 0.375 e. The molecular weight excluding hydrogens is 254 g/mol. The number of nitrogens with one attached hydrogen (secondary N) is 3. The third-order valence-electron chi connectivity index (χ3n) is 4.79. The van der Waals surface area contributed by atoms with Gasteiger partial charge in [-0.25, -0.2) is 0 Å². The molecule has 0 bridgehead atoms. The molecule has 5 nitrogen and oxygen atoms in total. The van der Waals surface area contributed by atoms with Crippen molar-refractivity contribution in [3.05, 3.63) is 0 Å². The van der Waals surface area contributed by atoms with Crippen LogP contribution in [-0.2, 0) is 9.53 Å². The first-order valence-electron chi connectivity index (χ1n) is 7.99. The number of amides is 1. The lowest BCUT2D eigenvalue weighted by atomic mass is 9.86. The normalized spacial score (nSPS) is 33.6. The molecule has 0 spiro atoms. The van der Waals surface area contributed by atoms with Gasteiger partial charge in [-0.05, 0) is 32.6 Å². The molecule has 2 aliphatic rings. The molecule has 3 N–H and O–H groups in total. The van der Waals surface area contributed by atoms with Crippen LogP contribution in [0.3, 0.4) is 0 Å². The Morgan fingerprint density at radius 3 is 2.65 bits per heavy atom. The molecule has 0 aromatic rings. The average molecular weight is 283 g/mol. The fourth-order valence-electron chi connectivity index (χ4n) is 3.16. The number of carbonyl (C=O) groups excluding carboxylic acids is 1. The van der Waals surface area contributed by atoms with Crippen molar-refractivity contribution >= 4 is 5.91 Å². The van der Waals surface area contributed by atoms with Gasteiger partial charge in [-0.3, -0.25) is 4.79 Å². The van der Waals surface area contributed by atoms with Crippen LogP contribution in [0.5, 0.6) is 0 Å². The van der Waals surface area contributed by atoms with Crippen molar-refractivity contribution in [3.63, 3.8) is 0 Å². The molecule has 0 aromatic heterocycles. The maximum absolute atomic E-state index is 12.3. The first-order valence-corrected chi connectivity index (χ1v) is 7.99. The molecule has 116 valence electrons. The Bertz CT molecular complexity index is 323. The molecule has 5 heteroatoms. The lowest BCUT2D eigenvalue weighted by Crippen LogP contribution is -2.60. The van der Waals surface area contributed by atoms with Gasteiger partial charge >= 0.3 is 0 Å². The van der Waals surface area contributed by atoms with Gasteiger partial charge in [0.15, 0.2) is 0 Å². The lowest BCUT2D eigenvalue weighted by Gasteiger charge is -2.40. The highest BCUT2D eigenvalue weighted by atomic mass is 16.5. The van der Waals surface area contributed by atoms with E-state index in [2.05, 4.69) is 36.7 Å². The van der Waals surface area contributed by atoms with Crippen molar-refractivity contribution in [1.29, 1.82) is 0 Å². The van der Waals surface area contributed by atoms with Crippen LogP contribution in [0, 0.1) is 0 Å². The Morgan fingerprint density at radius 1 is 1.30 bits per heavy atom. The Morgan fingerprint density at radius 2 is 2.05 bits per heavy atom. The second-order valence-corrected chi connectivity index (χ2v) is 6.21. The van der Waals surface area contributed by atoms with E-state index in [-0.39, 0.29) is 23.6 Å². The fraction of sp³-hybridized carbons (Fsp3) is 0.933. The molecule has 0 saturated carbocycles. The zero-order chi connectivity index (χ0) is 14.6. The number of hydrogen-bond donors (Lipinski definition) is 3. The molecule has 0 aromatic carbocycles. The molecule has 0 aliphatic carbocycles. The summed E-state index contributed by atoms with van der Waals surface area (Å²) in [5.74, 6) is 0.123. The minimum atomic E-state index is -0.105. The maximum Gasteiger partial charge on any atom is 0.238 e. The van der Waals surface area contributed by atoms with Crippen LogP contribution in [0.15, 0.2) is 0 Å². The van der Waals surface area contributed by atoms with Crippen molar-refractivity contribution in [1.82, 2.24) is 16.0 Å². The molecule has 3 unspecified atom stereocenters. The van der Waals surface area contributed by atoms with Crippen molar-refractivity contribution in [2.24, 2.45) is 0 Å². The maximum atomic E-state index is 12.3. The highest BCUT2D eigenvalue weighted by Gasteiger charge is 2.36. The average Bonchev–Trinajstić information content (AvgIpc) is 2.48. The molecular formula is C15H29N3O2. The standard InChI is InChI=1S/C15H29N3O2/c1-4-15(5-2)8-12(6-7-20-15)18-14(19)13-10-16-11(3)9-17-13/h11-13,16-17H,4-10H2,1-3H3,(H,18,19). The summed E-state index contributed by atoms with van der Waals surface area (Å²) < 4.78 is 5.96. The number of piperazine rings is 1. The van der Waals surface area contributed by atoms with Gasteiger partial charge in [-0.1, -0.05) is 13.8 Å². The highest BCUT2D eigenvalue weighted by molar-refractivity contribution is 5.82. The molecule has 20 heavy (non-hydrogen) atoms. The number of ether oxygens (including phenoxy) is 1. The summed E-state index contributed by atoms with van der Waals surface area (Å²) in [7, 11) is 0. The fourth-order valence-corrected chi connectivity index (χ4v) is 3.16. The zero-order valence-corrected chi connectivity index (χ0v) is 13.0.